The summed E-state index contributed by atoms with van der Waals surface area (Å²) >= 11 is 0. The largest absolute Gasteiger partial charge is 0.460 e. The molecule has 0 amide bonds. The van der Waals surface area contributed by atoms with Gasteiger partial charge in [-0.05, 0) is 179 Å². The molecule has 10 unspecified atom stereocenters. The molecule has 6 aliphatic rings. The number of halogens is 1. The second kappa shape index (κ2) is 14.0. The van der Waals surface area contributed by atoms with Gasteiger partial charge in [-0.2, -0.15) is 0 Å². The molecule has 54 heavy (non-hydrogen) atoms. The molecule has 0 radical (unpaired) electrons. The summed E-state index contributed by atoms with van der Waals surface area (Å²) in [6.07, 6.45) is 18.4. The Morgan fingerprint density at radius 3 is 2.31 bits per heavy atom. The topological polar surface area (TPSA) is 58.6 Å². The molecule has 5 heteroatoms. The fraction of sp³-hybridized carbons (Fsp3) is 0.735. The van der Waals surface area contributed by atoms with Gasteiger partial charge in [0.25, 0.3) is 0 Å². The molecule has 1 aromatic carbocycles. The summed E-state index contributed by atoms with van der Waals surface area (Å²) in [6.45, 7) is 24.2. The Balaban J connectivity index is 1.12. The summed E-state index contributed by atoms with van der Waals surface area (Å²) in [6, 6.07) is 9.69. The van der Waals surface area contributed by atoms with Crippen molar-refractivity contribution in [1.29, 1.82) is 0 Å². The molecule has 0 bridgehead atoms. The number of allylic oxidation sites excluding steroid dienone is 5. The van der Waals surface area contributed by atoms with Crippen LogP contribution in [0, 0.1) is 56.7 Å². The quantitative estimate of drug-likeness (QED) is 0.185. The fourth-order valence-corrected chi connectivity index (χ4v) is 14.6. The second-order valence-electron chi connectivity index (χ2n) is 21.3. The van der Waals surface area contributed by atoms with Gasteiger partial charge in [-0.15, -0.1) is 0 Å². The molecule has 0 aromatic heterocycles. The number of alkyl halides is 1. The van der Waals surface area contributed by atoms with E-state index in [0.717, 1.165) is 31.4 Å². The van der Waals surface area contributed by atoms with Crippen LogP contribution in [0.1, 0.15) is 144 Å². The summed E-state index contributed by atoms with van der Waals surface area (Å²) < 4.78 is 20.4. The first-order valence-corrected chi connectivity index (χ1v) is 21.7. The van der Waals surface area contributed by atoms with Crippen LogP contribution < -0.4 is 5.32 Å². The van der Waals surface area contributed by atoms with Crippen molar-refractivity contribution in [3.63, 3.8) is 0 Å². The minimum absolute atomic E-state index is 0.00404. The van der Waals surface area contributed by atoms with Crippen LogP contribution in [0.4, 0.5) is 4.39 Å². The maximum atomic E-state index is 14.7. The molecule has 0 heterocycles. The first-order chi connectivity index (χ1) is 25.4. The van der Waals surface area contributed by atoms with E-state index >= 15 is 0 Å². The summed E-state index contributed by atoms with van der Waals surface area (Å²) in [5.74, 6) is 2.70. The number of nitrogens with one attached hydrogen (secondary N) is 1. The zero-order valence-electron chi connectivity index (χ0n) is 35.1. The summed E-state index contributed by atoms with van der Waals surface area (Å²) in [4.78, 5) is 13.3. The first kappa shape index (κ1) is 40.0. The monoisotopic (exact) mass is 742 g/mol. The van der Waals surface area contributed by atoms with E-state index in [9.17, 15) is 14.3 Å². The Morgan fingerprint density at radius 2 is 1.67 bits per heavy atom. The van der Waals surface area contributed by atoms with Crippen LogP contribution in [0.5, 0.6) is 0 Å². The van der Waals surface area contributed by atoms with Gasteiger partial charge >= 0.3 is 5.97 Å². The fourth-order valence-electron chi connectivity index (χ4n) is 14.6. The highest BCUT2D eigenvalue weighted by Crippen LogP contribution is 2.76. The average molecular weight is 742 g/mol. The highest BCUT2D eigenvalue weighted by molar-refractivity contribution is 5.78. The molecule has 2 N–H and O–H groups in total. The smallest absolute Gasteiger partial charge is 0.315 e. The normalized spacial score (nSPS) is 41.3. The second-order valence-corrected chi connectivity index (χ2v) is 21.3. The molecule has 6 aliphatic carbocycles. The van der Waals surface area contributed by atoms with Crippen molar-refractivity contribution in [2.24, 2.45) is 56.7 Å². The first-order valence-electron chi connectivity index (χ1n) is 21.7. The maximum Gasteiger partial charge on any atom is 0.315 e. The van der Waals surface area contributed by atoms with Crippen molar-refractivity contribution in [1.82, 2.24) is 5.32 Å². The Kier molecular flexibility index (Phi) is 10.4. The van der Waals surface area contributed by atoms with E-state index in [2.05, 4.69) is 65.6 Å². The van der Waals surface area contributed by atoms with Gasteiger partial charge in [-0.1, -0.05) is 89.3 Å². The number of esters is 1. The molecule has 10 atom stereocenters. The summed E-state index contributed by atoms with van der Waals surface area (Å²) in [5.41, 5.74) is 4.27. The third-order valence-electron chi connectivity index (χ3n) is 17.7. The van der Waals surface area contributed by atoms with Crippen LogP contribution in [-0.2, 0) is 16.1 Å². The lowest BCUT2D eigenvalue weighted by Crippen LogP contribution is -2.68. The van der Waals surface area contributed by atoms with Crippen molar-refractivity contribution in [2.75, 3.05) is 13.2 Å². The van der Waals surface area contributed by atoms with Crippen LogP contribution >= 0.6 is 0 Å². The maximum absolute atomic E-state index is 14.7. The molecule has 0 saturated heterocycles. The van der Waals surface area contributed by atoms with Gasteiger partial charge in [-0.3, -0.25) is 4.79 Å². The molecule has 0 spiro atoms. The number of carbonyl (C=O) groups excluding carboxylic acids is 1. The van der Waals surface area contributed by atoms with E-state index < -0.39 is 23.7 Å². The third kappa shape index (κ3) is 6.33. The highest BCUT2D eigenvalue weighted by Gasteiger charge is 2.70. The van der Waals surface area contributed by atoms with Crippen molar-refractivity contribution >= 4 is 5.97 Å². The van der Waals surface area contributed by atoms with Gasteiger partial charge in [0.15, 0.2) is 0 Å². The zero-order chi connectivity index (χ0) is 39.0. The van der Waals surface area contributed by atoms with Gasteiger partial charge in [0, 0.05) is 5.54 Å². The summed E-state index contributed by atoms with van der Waals surface area (Å²) in [7, 11) is 0. The van der Waals surface area contributed by atoms with Crippen molar-refractivity contribution < 1.29 is 19.0 Å². The number of benzene rings is 1. The molecule has 0 aliphatic heterocycles. The number of fused-ring (bicyclic) bond motifs is 7. The van der Waals surface area contributed by atoms with Gasteiger partial charge in [0.2, 0.25) is 0 Å². The third-order valence-corrected chi connectivity index (χ3v) is 17.7. The van der Waals surface area contributed by atoms with Crippen molar-refractivity contribution in [3.05, 3.63) is 71.3 Å². The van der Waals surface area contributed by atoms with Crippen LogP contribution in [0.25, 0.3) is 0 Å². The molecule has 298 valence electrons. The lowest BCUT2D eigenvalue weighted by atomic mass is 9.33. The van der Waals surface area contributed by atoms with E-state index in [4.69, 9.17) is 4.74 Å². The molecule has 4 saturated carbocycles. The van der Waals surface area contributed by atoms with Gasteiger partial charge in [0.05, 0.1) is 11.0 Å². The summed E-state index contributed by atoms with van der Waals surface area (Å²) in [5, 5.41) is 14.7. The average Bonchev–Trinajstić information content (AvgIpc) is 3.51. The van der Waals surface area contributed by atoms with Gasteiger partial charge in [-0.25, -0.2) is 4.39 Å². The van der Waals surface area contributed by atoms with E-state index in [0.29, 0.717) is 42.4 Å². The van der Waals surface area contributed by atoms with E-state index in [-0.39, 0.29) is 33.8 Å². The zero-order valence-corrected chi connectivity index (χ0v) is 35.1. The van der Waals surface area contributed by atoms with Gasteiger partial charge < -0.3 is 15.2 Å². The number of rotatable bonds is 10. The van der Waals surface area contributed by atoms with E-state index in [1.165, 1.54) is 68.1 Å². The number of aliphatic hydroxyl groups is 1. The van der Waals surface area contributed by atoms with Crippen LogP contribution in [0.15, 0.2) is 65.8 Å². The minimum atomic E-state index is -1.09. The highest BCUT2D eigenvalue weighted by atomic mass is 19.1. The Morgan fingerprint density at radius 1 is 0.926 bits per heavy atom. The van der Waals surface area contributed by atoms with Crippen LogP contribution in [0.3, 0.4) is 0 Å². The van der Waals surface area contributed by atoms with Crippen LogP contribution in [0.2, 0.25) is 0 Å². The Hall–Kier alpha value is -2.24. The van der Waals surface area contributed by atoms with E-state index in [1.54, 1.807) is 0 Å². The van der Waals surface area contributed by atoms with Crippen molar-refractivity contribution in [2.45, 2.75) is 157 Å². The predicted molar refractivity (Wildman–Crippen MR) is 218 cm³/mol. The molecular weight excluding hydrogens is 670 g/mol. The van der Waals surface area contributed by atoms with Crippen molar-refractivity contribution in [3.8, 4) is 0 Å². The van der Waals surface area contributed by atoms with Gasteiger partial charge in [0.1, 0.15) is 13.3 Å². The molecule has 4 nitrogen and oxygen atoms in total. The minimum Gasteiger partial charge on any atom is -0.460 e. The Labute approximate surface area is 327 Å². The number of carbonyl (C=O) groups is 1. The standard InChI is InChI=1S/C49H72FNO3/c1-33(2)36-19-26-49(51-30-29-43(3,4)53)28-27-46(8)38(41(36)49)15-16-40-45(7)22-20-37(44(5,6)39(45)21-23-47(40,46)9)35-17-24-48(32-50,25-18-35)42(52)54-31-34-13-11-10-12-14-34/h10-14,17,20,36,38-41,51,53H,1,15-16,18-19,21-32H2,2-9H3. The lowest BCUT2D eigenvalue weighted by molar-refractivity contribution is -0.221. The Bertz CT molecular complexity index is 1660. The molecule has 7 rings (SSSR count). The van der Waals surface area contributed by atoms with Crippen LogP contribution in [-0.4, -0.2) is 35.4 Å². The molecular formula is C49H72FNO3. The van der Waals surface area contributed by atoms with E-state index in [1.807, 2.05) is 44.2 Å². The number of hydrogen-bond acceptors (Lipinski definition) is 4. The predicted octanol–water partition coefficient (Wildman–Crippen LogP) is 11.5. The SMILES string of the molecule is C=C(C)C1CCC2(NCCC(C)(C)O)CCC3(C)C(CCC4C5(C)CC=C(C6=CCC(CF)(C(=O)OCc7ccccc7)CC6)C(C)(C)C5CCC43C)C12. The molecule has 4 fully saturated rings. The number of hydrogen-bond donors (Lipinski definition) is 2. The number of ether oxygens (including phenoxy) is 1. The molecule has 1 aromatic rings. The lowest BCUT2D eigenvalue weighted by Gasteiger charge is -2.72.